The molecular formula is C20H33N4OS2+. The first-order valence-corrected chi connectivity index (χ1v) is 12.0. The van der Waals surface area contributed by atoms with Crippen molar-refractivity contribution in [3.63, 3.8) is 0 Å². The molecule has 2 aromatic rings. The second kappa shape index (κ2) is 9.07. The average Bonchev–Trinajstić information content (AvgIpc) is 3.03. The largest absolute Gasteiger partial charge is 0.369 e. The number of rotatable bonds is 9. The Kier molecular flexibility index (Phi) is 7.00. The molecule has 0 aromatic carbocycles. The van der Waals surface area contributed by atoms with Crippen LogP contribution < -0.4 is 10.2 Å². The van der Waals surface area contributed by atoms with Crippen molar-refractivity contribution in [2.45, 2.75) is 64.8 Å². The standard InChI is InChI=1S/C20H32N4OS2/c1-6-20(5)12-14-15(13-25-20)27-18-16(14)17(22-19(23-18)26-9-4)21-10-11-24(7-2)8-3/h6-13H2,1-5H3,(H,21,22,23)/p+1/t20-/m0/s1. The van der Waals surface area contributed by atoms with E-state index in [0.717, 1.165) is 60.6 Å². The molecule has 0 radical (unpaired) electrons. The second-order valence-corrected chi connectivity index (χ2v) is 9.69. The van der Waals surface area contributed by atoms with Gasteiger partial charge in [0.2, 0.25) is 0 Å². The number of quaternary nitrogens is 1. The summed E-state index contributed by atoms with van der Waals surface area (Å²) in [7, 11) is 0. The Balaban J connectivity index is 1.95. The maximum absolute atomic E-state index is 6.16. The van der Waals surface area contributed by atoms with Crippen LogP contribution in [-0.2, 0) is 17.8 Å². The van der Waals surface area contributed by atoms with E-state index in [1.807, 2.05) is 0 Å². The van der Waals surface area contributed by atoms with E-state index >= 15 is 0 Å². The Morgan fingerprint density at radius 2 is 2.00 bits per heavy atom. The molecule has 0 fully saturated rings. The highest BCUT2D eigenvalue weighted by molar-refractivity contribution is 7.99. The fourth-order valence-electron chi connectivity index (χ4n) is 3.56. The number of thiophene rings is 1. The lowest BCUT2D eigenvalue weighted by Gasteiger charge is -2.33. The molecule has 3 rings (SSSR count). The van der Waals surface area contributed by atoms with Gasteiger partial charge in [-0.1, -0.05) is 25.6 Å². The van der Waals surface area contributed by atoms with E-state index in [0.29, 0.717) is 6.61 Å². The molecule has 0 unspecified atom stereocenters. The summed E-state index contributed by atoms with van der Waals surface area (Å²) >= 11 is 3.49. The number of aromatic nitrogens is 2. The molecule has 5 nitrogen and oxygen atoms in total. The molecule has 1 aliphatic rings. The van der Waals surface area contributed by atoms with Crippen molar-refractivity contribution >= 4 is 39.1 Å². The van der Waals surface area contributed by atoms with Gasteiger partial charge in [0.05, 0.1) is 43.8 Å². The summed E-state index contributed by atoms with van der Waals surface area (Å²) in [6.07, 6.45) is 1.96. The summed E-state index contributed by atoms with van der Waals surface area (Å²) in [6.45, 7) is 16.1. The number of nitrogens with one attached hydrogen (secondary N) is 2. The van der Waals surface area contributed by atoms with Crippen molar-refractivity contribution in [1.82, 2.24) is 9.97 Å². The minimum absolute atomic E-state index is 0.0829. The molecule has 0 saturated carbocycles. The van der Waals surface area contributed by atoms with Crippen molar-refractivity contribution in [2.24, 2.45) is 0 Å². The van der Waals surface area contributed by atoms with Gasteiger partial charge in [-0.3, -0.25) is 0 Å². The fraction of sp³-hybridized carbons (Fsp3) is 0.700. The van der Waals surface area contributed by atoms with Crippen LogP contribution >= 0.6 is 23.1 Å². The third-order valence-corrected chi connectivity index (χ3v) is 7.44. The van der Waals surface area contributed by atoms with Gasteiger partial charge in [0.1, 0.15) is 10.6 Å². The van der Waals surface area contributed by atoms with E-state index in [-0.39, 0.29) is 5.60 Å². The Bertz CT molecular complexity index is 775. The molecule has 150 valence electrons. The van der Waals surface area contributed by atoms with Crippen LogP contribution in [0.25, 0.3) is 10.2 Å². The zero-order valence-electron chi connectivity index (χ0n) is 17.3. The first-order chi connectivity index (χ1) is 13.0. The number of fused-ring (bicyclic) bond motifs is 3. The molecule has 0 saturated heterocycles. The fourth-order valence-corrected chi connectivity index (χ4v) is 5.29. The van der Waals surface area contributed by atoms with Gasteiger partial charge in [0.25, 0.3) is 0 Å². The summed E-state index contributed by atoms with van der Waals surface area (Å²) in [5.74, 6) is 2.00. The molecule has 7 heteroatoms. The van der Waals surface area contributed by atoms with Crippen molar-refractivity contribution in [3.8, 4) is 0 Å². The Morgan fingerprint density at radius 1 is 1.22 bits per heavy atom. The summed E-state index contributed by atoms with van der Waals surface area (Å²) in [5.41, 5.74) is 1.32. The van der Waals surface area contributed by atoms with E-state index in [4.69, 9.17) is 14.7 Å². The van der Waals surface area contributed by atoms with E-state index in [9.17, 15) is 0 Å². The molecule has 2 N–H and O–H groups in total. The Labute approximate surface area is 171 Å². The third-order valence-electron chi connectivity index (χ3n) is 5.61. The minimum atomic E-state index is -0.0829. The van der Waals surface area contributed by atoms with Gasteiger partial charge in [-0.2, -0.15) is 0 Å². The lowest BCUT2D eigenvalue weighted by Crippen LogP contribution is -3.12. The van der Waals surface area contributed by atoms with Crippen LogP contribution in [0.15, 0.2) is 5.16 Å². The maximum Gasteiger partial charge on any atom is 0.190 e. The van der Waals surface area contributed by atoms with Crippen molar-refractivity contribution in [2.75, 3.05) is 37.2 Å². The van der Waals surface area contributed by atoms with E-state index in [1.165, 1.54) is 15.8 Å². The number of likely N-dealkylation sites (N-methyl/N-ethyl adjacent to an activating group) is 1. The van der Waals surface area contributed by atoms with Crippen LogP contribution in [0, 0.1) is 0 Å². The zero-order valence-corrected chi connectivity index (χ0v) is 18.9. The van der Waals surface area contributed by atoms with Crippen LogP contribution in [0.5, 0.6) is 0 Å². The summed E-state index contributed by atoms with van der Waals surface area (Å²) in [4.78, 5) is 13.8. The predicted octanol–water partition coefficient (Wildman–Crippen LogP) is 3.38. The van der Waals surface area contributed by atoms with Crippen LogP contribution in [0.4, 0.5) is 5.82 Å². The van der Waals surface area contributed by atoms with E-state index in [2.05, 4.69) is 39.9 Å². The molecule has 2 aromatic heterocycles. The summed E-state index contributed by atoms with van der Waals surface area (Å²) < 4.78 is 6.16. The Hall–Kier alpha value is -0.890. The quantitative estimate of drug-likeness (QED) is 0.491. The number of thioether (sulfide) groups is 1. The van der Waals surface area contributed by atoms with Gasteiger partial charge in [0.15, 0.2) is 5.16 Å². The van der Waals surface area contributed by atoms with Crippen molar-refractivity contribution in [1.29, 1.82) is 0 Å². The smallest absolute Gasteiger partial charge is 0.190 e. The molecule has 27 heavy (non-hydrogen) atoms. The molecule has 3 heterocycles. The number of anilines is 1. The zero-order chi connectivity index (χ0) is 19.4. The Morgan fingerprint density at radius 3 is 2.67 bits per heavy atom. The van der Waals surface area contributed by atoms with E-state index < -0.39 is 0 Å². The highest BCUT2D eigenvalue weighted by Gasteiger charge is 2.33. The molecule has 0 bridgehead atoms. The van der Waals surface area contributed by atoms with Gasteiger partial charge >= 0.3 is 0 Å². The van der Waals surface area contributed by atoms with Gasteiger partial charge in [0, 0.05) is 11.3 Å². The molecule has 1 aliphatic heterocycles. The number of nitrogens with zero attached hydrogens (tertiary/aromatic N) is 2. The first kappa shape index (κ1) is 20.8. The van der Waals surface area contributed by atoms with Crippen LogP contribution in [-0.4, -0.2) is 47.5 Å². The first-order valence-electron chi connectivity index (χ1n) is 10.2. The van der Waals surface area contributed by atoms with Gasteiger partial charge < -0.3 is 15.0 Å². The number of hydrogen-bond donors (Lipinski definition) is 2. The highest BCUT2D eigenvalue weighted by Crippen LogP contribution is 2.42. The second-order valence-electron chi connectivity index (χ2n) is 7.37. The van der Waals surface area contributed by atoms with Crippen molar-refractivity contribution < 1.29 is 9.64 Å². The minimum Gasteiger partial charge on any atom is -0.369 e. The van der Waals surface area contributed by atoms with Gasteiger partial charge in [-0.25, -0.2) is 9.97 Å². The van der Waals surface area contributed by atoms with Gasteiger partial charge in [-0.15, -0.1) is 11.3 Å². The highest BCUT2D eigenvalue weighted by atomic mass is 32.2. The summed E-state index contributed by atoms with van der Waals surface area (Å²) in [6, 6.07) is 0. The van der Waals surface area contributed by atoms with Crippen LogP contribution in [0.2, 0.25) is 0 Å². The maximum atomic E-state index is 6.16. The molecule has 1 atom stereocenters. The lowest BCUT2D eigenvalue weighted by molar-refractivity contribution is -0.894. The van der Waals surface area contributed by atoms with Crippen LogP contribution in [0.1, 0.15) is 51.5 Å². The average molecular weight is 410 g/mol. The molecular weight excluding hydrogens is 376 g/mol. The molecule has 0 amide bonds. The van der Waals surface area contributed by atoms with E-state index in [1.54, 1.807) is 28.0 Å². The van der Waals surface area contributed by atoms with Gasteiger partial charge in [-0.05, 0) is 38.5 Å². The summed E-state index contributed by atoms with van der Waals surface area (Å²) in [5, 5.41) is 5.75. The molecule has 0 aliphatic carbocycles. The monoisotopic (exact) mass is 409 g/mol. The third kappa shape index (κ3) is 4.58. The molecule has 0 spiro atoms. The van der Waals surface area contributed by atoms with Crippen molar-refractivity contribution in [3.05, 3.63) is 10.4 Å². The number of ether oxygens (including phenoxy) is 1. The number of hydrogen-bond acceptors (Lipinski definition) is 6. The topological polar surface area (TPSA) is 51.5 Å². The predicted molar refractivity (Wildman–Crippen MR) is 116 cm³/mol. The SMILES string of the molecule is CCSc1nc(NCC[NH+](CC)CC)c2c3c(sc2n1)CO[C@@](C)(CC)C3. The normalized spacial score (nSPS) is 19.6. The van der Waals surface area contributed by atoms with Crippen LogP contribution in [0.3, 0.4) is 0 Å². The lowest BCUT2D eigenvalue weighted by atomic mass is 9.90.